The maximum atomic E-state index is 5.78. The lowest BCUT2D eigenvalue weighted by Gasteiger charge is -2.20. The minimum Gasteiger partial charge on any atom is -0.494 e. The Kier molecular flexibility index (Phi) is 5.02. The summed E-state index contributed by atoms with van der Waals surface area (Å²) in [5.74, 6) is 1.76. The average molecular weight is 249 g/mol. The summed E-state index contributed by atoms with van der Waals surface area (Å²) in [4.78, 5) is 0. The fourth-order valence-corrected chi connectivity index (χ4v) is 2.02. The molecule has 1 atom stereocenters. The Balaban J connectivity index is 1.95. The molecule has 1 unspecified atom stereocenters. The second kappa shape index (κ2) is 6.76. The van der Waals surface area contributed by atoms with Gasteiger partial charge in [-0.25, -0.2) is 0 Å². The van der Waals surface area contributed by atoms with Gasteiger partial charge in [-0.05, 0) is 38.8 Å². The summed E-state index contributed by atoms with van der Waals surface area (Å²) in [6, 6.07) is 8.37. The van der Waals surface area contributed by atoms with Gasteiger partial charge in [0.25, 0.3) is 0 Å². The minimum atomic E-state index is 0.200. The summed E-state index contributed by atoms with van der Waals surface area (Å²) in [6.45, 7) is 4.30. The van der Waals surface area contributed by atoms with E-state index in [1.165, 1.54) is 18.4 Å². The van der Waals surface area contributed by atoms with E-state index < -0.39 is 0 Å². The third-order valence-corrected chi connectivity index (χ3v) is 3.28. The first-order chi connectivity index (χ1) is 8.85. The quantitative estimate of drug-likeness (QED) is 0.768. The zero-order valence-electron chi connectivity index (χ0n) is 11.3. The van der Waals surface area contributed by atoms with E-state index in [2.05, 4.69) is 11.4 Å². The standard InChI is InChI=1S/C15H23NO2/c1-3-18-15-7-5-4-6-13(15)14(16-2)11-17-10-12-8-9-12/h4-7,12,14,16H,3,8-11H2,1-2H3. The van der Waals surface area contributed by atoms with Crippen molar-refractivity contribution in [2.45, 2.75) is 25.8 Å². The molecule has 0 bridgehead atoms. The van der Waals surface area contributed by atoms with Crippen LogP contribution < -0.4 is 10.1 Å². The first-order valence-electron chi connectivity index (χ1n) is 6.81. The number of rotatable bonds is 8. The summed E-state index contributed by atoms with van der Waals surface area (Å²) in [5, 5.41) is 3.31. The average Bonchev–Trinajstić information content (AvgIpc) is 3.20. The van der Waals surface area contributed by atoms with Gasteiger partial charge in [-0.3, -0.25) is 0 Å². The van der Waals surface area contributed by atoms with Crippen LogP contribution in [0.1, 0.15) is 31.4 Å². The van der Waals surface area contributed by atoms with Crippen LogP contribution in [0.2, 0.25) is 0 Å². The summed E-state index contributed by atoms with van der Waals surface area (Å²) in [6.07, 6.45) is 2.67. The van der Waals surface area contributed by atoms with Crippen molar-refractivity contribution < 1.29 is 9.47 Å². The molecular formula is C15H23NO2. The Morgan fingerprint density at radius 2 is 2.11 bits per heavy atom. The predicted octanol–water partition coefficient (Wildman–Crippen LogP) is 2.77. The number of hydrogen-bond acceptors (Lipinski definition) is 3. The largest absolute Gasteiger partial charge is 0.494 e. The Bertz CT molecular complexity index is 363. The molecule has 1 N–H and O–H groups in total. The van der Waals surface area contributed by atoms with Crippen molar-refractivity contribution in [3.8, 4) is 5.75 Å². The lowest BCUT2D eigenvalue weighted by atomic mass is 10.1. The van der Waals surface area contributed by atoms with Crippen molar-refractivity contribution in [3.63, 3.8) is 0 Å². The molecular weight excluding hydrogens is 226 g/mol. The fraction of sp³-hybridized carbons (Fsp3) is 0.600. The Hall–Kier alpha value is -1.06. The van der Waals surface area contributed by atoms with Crippen molar-refractivity contribution in [2.24, 2.45) is 5.92 Å². The third kappa shape index (κ3) is 3.72. The highest BCUT2D eigenvalue weighted by Crippen LogP contribution is 2.30. The molecule has 1 aliphatic rings. The summed E-state index contributed by atoms with van der Waals surface area (Å²) >= 11 is 0. The molecule has 0 saturated heterocycles. The molecule has 0 spiro atoms. The molecule has 18 heavy (non-hydrogen) atoms. The highest BCUT2D eigenvalue weighted by atomic mass is 16.5. The summed E-state index contributed by atoms with van der Waals surface area (Å²) < 4.78 is 11.4. The molecule has 0 radical (unpaired) electrons. The molecule has 0 heterocycles. The molecule has 3 nitrogen and oxygen atoms in total. The van der Waals surface area contributed by atoms with Crippen molar-refractivity contribution in [3.05, 3.63) is 29.8 Å². The first kappa shape index (κ1) is 13.4. The Labute approximate surface area is 109 Å². The SMILES string of the molecule is CCOc1ccccc1C(COCC1CC1)NC. The van der Waals surface area contributed by atoms with E-state index >= 15 is 0 Å². The van der Waals surface area contributed by atoms with E-state index in [1.54, 1.807) is 0 Å². The summed E-state index contributed by atoms with van der Waals surface area (Å²) in [5.41, 5.74) is 1.18. The lowest BCUT2D eigenvalue weighted by Crippen LogP contribution is -2.23. The molecule has 100 valence electrons. The second-order valence-electron chi connectivity index (χ2n) is 4.79. The molecule has 1 fully saturated rings. The number of nitrogens with one attached hydrogen (secondary N) is 1. The Morgan fingerprint density at radius 1 is 1.33 bits per heavy atom. The van der Waals surface area contributed by atoms with Crippen molar-refractivity contribution >= 4 is 0 Å². The molecule has 0 aromatic heterocycles. The van der Waals surface area contributed by atoms with Crippen LogP contribution in [0.3, 0.4) is 0 Å². The molecule has 0 aliphatic heterocycles. The maximum absolute atomic E-state index is 5.78. The van der Waals surface area contributed by atoms with E-state index in [1.807, 2.05) is 32.2 Å². The van der Waals surface area contributed by atoms with Gasteiger partial charge in [0.1, 0.15) is 5.75 Å². The zero-order chi connectivity index (χ0) is 12.8. The minimum absolute atomic E-state index is 0.200. The molecule has 1 aliphatic carbocycles. The van der Waals surface area contributed by atoms with Crippen LogP contribution >= 0.6 is 0 Å². The molecule has 2 rings (SSSR count). The van der Waals surface area contributed by atoms with Gasteiger partial charge in [0.2, 0.25) is 0 Å². The Morgan fingerprint density at radius 3 is 2.78 bits per heavy atom. The first-order valence-corrected chi connectivity index (χ1v) is 6.81. The molecule has 3 heteroatoms. The van der Waals surface area contributed by atoms with E-state index in [9.17, 15) is 0 Å². The van der Waals surface area contributed by atoms with Gasteiger partial charge in [0.05, 0.1) is 19.3 Å². The highest BCUT2D eigenvalue weighted by molar-refractivity contribution is 5.36. The maximum Gasteiger partial charge on any atom is 0.124 e. The number of likely N-dealkylation sites (N-methyl/N-ethyl adjacent to an activating group) is 1. The van der Waals surface area contributed by atoms with Crippen LogP contribution in [-0.4, -0.2) is 26.9 Å². The smallest absolute Gasteiger partial charge is 0.124 e. The number of benzene rings is 1. The molecule has 1 aromatic rings. The van der Waals surface area contributed by atoms with Gasteiger partial charge >= 0.3 is 0 Å². The van der Waals surface area contributed by atoms with Crippen LogP contribution in [0, 0.1) is 5.92 Å². The molecule has 1 saturated carbocycles. The van der Waals surface area contributed by atoms with Crippen LogP contribution in [0.4, 0.5) is 0 Å². The molecule has 0 amide bonds. The van der Waals surface area contributed by atoms with E-state index in [-0.39, 0.29) is 6.04 Å². The van der Waals surface area contributed by atoms with Crippen LogP contribution in [0.15, 0.2) is 24.3 Å². The monoisotopic (exact) mass is 249 g/mol. The van der Waals surface area contributed by atoms with Crippen molar-refractivity contribution in [2.75, 3.05) is 26.9 Å². The van der Waals surface area contributed by atoms with Crippen molar-refractivity contribution in [1.29, 1.82) is 0 Å². The normalized spacial score (nSPS) is 16.6. The number of ether oxygens (including phenoxy) is 2. The highest BCUT2D eigenvalue weighted by Gasteiger charge is 2.22. The van der Waals surface area contributed by atoms with E-state index in [0.717, 1.165) is 18.3 Å². The van der Waals surface area contributed by atoms with E-state index in [0.29, 0.717) is 13.2 Å². The van der Waals surface area contributed by atoms with Crippen LogP contribution in [0.25, 0.3) is 0 Å². The van der Waals surface area contributed by atoms with Gasteiger partial charge in [-0.1, -0.05) is 18.2 Å². The number of hydrogen-bond donors (Lipinski definition) is 1. The van der Waals surface area contributed by atoms with Crippen LogP contribution in [0.5, 0.6) is 5.75 Å². The third-order valence-electron chi connectivity index (χ3n) is 3.28. The van der Waals surface area contributed by atoms with Crippen LogP contribution in [-0.2, 0) is 4.74 Å². The van der Waals surface area contributed by atoms with Gasteiger partial charge in [0, 0.05) is 12.2 Å². The topological polar surface area (TPSA) is 30.5 Å². The van der Waals surface area contributed by atoms with Crippen molar-refractivity contribution in [1.82, 2.24) is 5.32 Å². The number of para-hydroxylation sites is 1. The summed E-state index contributed by atoms with van der Waals surface area (Å²) in [7, 11) is 1.97. The molecule has 1 aromatic carbocycles. The van der Waals surface area contributed by atoms with Gasteiger partial charge in [-0.2, -0.15) is 0 Å². The second-order valence-corrected chi connectivity index (χ2v) is 4.79. The van der Waals surface area contributed by atoms with Gasteiger partial charge in [0.15, 0.2) is 0 Å². The van der Waals surface area contributed by atoms with Gasteiger partial charge in [-0.15, -0.1) is 0 Å². The van der Waals surface area contributed by atoms with Gasteiger partial charge < -0.3 is 14.8 Å². The fourth-order valence-electron chi connectivity index (χ4n) is 2.02. The predicted molar refractivity (Wildman–Crippen MR) is 73.0 cm³/mol. The van der Waals surface area contributed by atoms with E-state index in [4.69, 9.17) is 9.47 Å². The lowest BCUT2D eigenvalue weighted by molar-refractivity contribution is 0.104. The zero-order valence-corrected chi connectivity index (χ0v) is 11.3.